The number of rotatable bonds is 5. The Morgan fingerprint density at radius 2 is 2.25 bits per heavy atom. The van der Waals surface area contributed by atoms with Crippen LogP contribution in [0.15, 0.2) is 40.9 Å². The fourth-order valence-electron chi connectivity index (χ4n) is 2.00. The lowest BCUT2D eigenvalue weighted by Gasteiger charge is -2.25. The zero-order valence-electron chi connectivity index (χ0n) is 11.1. The van der Waals surface area contributed by atoms with Crippen molar-refractivity contribution < 1.29 is 9.60 Å². The second-order valence-corrected chi connectivity index (χ2v) is 5.27. The Labute approximate surface area is 120 Å². The number of hydrogen-bond acceptors (Lipinski definition) is 4. The van der Waals surface area contributed by atoms with Crippen LogP contribution in [0.1, 0.15) is 17.4 Å². The third kappa shape index (κ3) is 3.08. The van der Waals surface area contributed by atoms with Crippen molar-refractivity contribution in [2.75, 3.05) is 11.4 Å². The minimum absolute atomic E-state index is 0.0934. The second-order valence-electron chi connectivity index (χ2n) is 4.24. The standard InChI is InChI=1S/C14H16FN3OS/c1-2-18(9-11-4-3-7-20-11)13-6-5-10(15)8-12(13)14(16)17-19/h3-8,19H,2,9H2,1H3,(H2,16,17). The molecule has 0 aliphatic heterocycles. The quantitative estimate of drug-likeness (QED) is 0.385. The predicted octanol–water partition coefficient (Wildman–Crippen LogP) is 3.01. The fourth-order valence-corrected chi connectivity index (χ4v) is 2.72. The number of halogens is 1. The van der Waals surface area contributed by atoms with Crippen LogP contribution in [0.2, 0.25) is 0 Å². The van der Waals surface area contributed by atoms with Gasteiger partial charge in [0.15, 0.2) is 5.84 Å². The summed E-state index contributed by atoms with van der Waals surface area (Å²) in [4.78, 5) is 3.25. The number of amidine groups is 1. The van der Waals surface area contributed by atoms with Gasteiger partial charge in [0.05, 0.1) is 6.54 Å². The van der Waals surface area contributed by atoms with E-state index in [2.05, 4.69) is 10.1 Å². The van der Waals surface area contributed by atoms with Crippen molar-refractivity contribution >= 4 is 22.9 Å². The molecule has 0 saturated carbocycles. The molecule has 2 aromatic rings. The molecule has 0 unspecified atom stereocenters. The maximum absolute atomic E-state index is 13.4. The summed E-state index contributed by atoms with van der Waals surface area (Å²) >= 11 is 1.66. The van der Waals surface area contributed by atoms with Crippen molar-refractivity contribution in [3.05, 3.63) is 52.0 Å². The molecule has 0 spiro atoms. The summed E-state index contributed by atoms with van der Waals surface area (Å²) in [7, 11) is 0. The van der Waals surface area contributed by atoms with Gasteiger partial charge in [-0.25, -0.2) is 4.39 Å². The molecule has 0 fully saturated rings. The Kier molecular flexibility index (Phi) is 4.57. The summed E-state index contributed by atoms with van der Waals surface area (Å²) in [6.45, 7) is 3.44. The molecule has 20 heavy (non-hydrogen) atoms. The van der Waals surface area contributed by atoms with E-state index < -0.39 is 5.82 Å². The van der Waals surface area contributed by atoms with Crippen molar-refractivity contribution in [1.29, 1.82) is 0 Å². The zero-order valence-corrected chi connectivity index (χ0v) is 11.9. The first kappa shape index (κ1) is 14.3. The highest BCUT2D eigenvalue weighted by Crippen LogP contribution is 2.24. The number of anilines is 1. The van der Waals surface area contributed by atoms with Crippen LogP contribution in [-0.4, -0.2) is 17.6 Å². The molecular weight excluding hydrogens is 277 g/mol. The van der Waals surface area contributed by atoms with Crippen LogP contribution in [-0.2, 0) is 6.54 Å². The smallest absolute Gasteiger partial charge is 0.172 e. The zero-order chi connectivity index (χ0) is 14.5. The molecular formula is C14H16FN3OS. The lowest BCUT2D eigenvalue weighted by Crippen LogP contribution is -2.26. The van der Waals surface area contributed by atoms with Gasteiger partial charge < -0.3 is 15.8 Å². The molecule has 1 aromatic heterocycles. The highest BCUT2D eigenvalue weighted by molar-refractivity contribution is 7.09. The van der Waals surface area contributed by atoms with E-state index in [9.17, 15) is 4.39 Å². The maximum Gasteiger partial charge on any atom is 0.172 e. The highest BCUT2D eigenvalue weighted by atomic mass is 32.1. The number of oxime groups is 1. The van der Waals surface area contributed by atoms with Gasteiger partial charge >= 0.3 is 0 Å². The van der Waals surface area contributed by atoms with Gasteiger partial charge in [-0.15, -0.1) is 11.3 Å². The molecule has 0 saturated heterocycles. The molecule has 0 aliphatic rings. The van der Waals surface area contributed by atoms with Crippen LogP contribution in [0.4, 0.5) is 10.1 Å². The predicted molar refractivity (Wildman–Crippen MR) is 80.0 cm³/mol. The summed E-state index contributed by atoms with van der Waals surface area (Å²) in [5.41, 5.74) is 6.78. The molecule has 0 radical (unpaired) electrons. The maximum atomic E-state index is 13.4. The molecule has 0 aliphatic carbocycles. The van der Waals surface area contributed by atoms with Gasteiger partial charge in [-0.2, -0.15) is 0 Å². The van der Waals surface area contributed by atoms with Gasteiger partial charge in [0, 0.05) is 22.7 Å². The molecule has 0 atom stereocenters. The van der Waals surface area contributed by atoms with Crippen molar-refractivity contribution in [3.8, 4) is 0 Å². The minimum atomic E-state index is -0.414. The number of thiophene rings is 1. The van der Waals surface area contributed by atoms with Crippen LogP contribution in [0.5, 0.6) is 0 Å². The van der Waals surface area contributed by atoms with E-state index in [0.29, 0.717) is 12.1 Å². The summed E-state index contributed by atoms with van der Waals surface area (Å²) in [6.07, 6.45) is 0. The Balaban J connectivity index is 2.38. The van der Waals surface area contributed by atoms with Crippen molar-refractivity contribution in [1.82, 2.24) is 0 Å². The first-order valence-corrected chi connectivity index (χ1v) is 7.08. The van der Waals surface area contributed by atoms with E-state index >= 15 is 0 Å². The van der Waals surface area contributed by atoms with Crippen LogP contribution < -0.4 is 10.6 Å². The fraction of sp³-hybridized carbons (Fsp3) is 0.214. The third-order valence-electron chi connectivity index (χ3n) is 2.99. The van der Waals surface area contributed by atoms with Crippen LogP contribution >= 0.6 is 11.3 Å². The Morgan fingerprint density at radius 3 is 2.85 bits per heavy atom. The first-order valence-electron chi connectivity index (χ1n) is 6.20. The van der Waals surface area contributed by atoms with Gasteiger partial charge in [0.1, 0.15) is 5.82 Å². The van der Waals surface area contributed by atoms with Crippen molar-refractivity contribution in [2.24, 2.45) is 10.9 Å². The average Bonchev–Trinajstić information content (AvgIpc) is 2.97. The van der Waals surface area contributed by atoms with Crippen LogP contribution in [0, 0.1) is 5.82 Å². The third-order valence-corrected chi connectivity index (χ3v) is 3.85. The Hall–Kier alpha value is -2.08. The van der Waals surface area contributed by atoms with E-state index in [0.717, 1.165) is 12.2 Å². The lowest BCUT2D eigenvalue weighted by atomic mass is 10.1. The first-order chi connectivity index (χ1) is 9.65. The molecule has 2 rings (SSSR count). The highest BCUT2D eigenvalue weighted by Gasteiger charge is 2.14. The number of nitrogens with two attached hydrogens (primary N) is 1. The van der Waals surface area contributed by atoms with Crippen LogP contribution in [0.25, 0.3) is 0 Å². The molecule has 3 N–H and O–H groups in total. The molecule has 0 bridgehead atoms. The largest absolute Gasteiger partial charge is 0.409 e. The Bertz CT molecular complexity index is 598. The molecule has 4 nitrogen and oxygen atoms in total. The van der Waals surface area contributed by atoms with E-state index in [1.165, 1.54) is 17.0 Å². The van der Waals surface area contributed by atoms with E-state index in [-0.39, 0.29) is 5.84 Å². The van der Waals surface area contributed by atoms with Gasteiger partial charge in [-0.05, 0) is 36.6 Å². The second kappa shape index (κ2) is 6.38. The van der Waals surface area contributed by atoms with Crippen molar-refractivity contribution in [3.63, 3.8) is 0 Å². The summed E-state index contributed by atoms with van der Waals surface area (Å²) in [5.74, 6) is -0.508. The summed E-state index contributed by atoms with van der Waals surface area (Å²) in [6, 6.07) is 8.34. The summed E-state index contributed by atoms with van der Waals surface area (Å²) < 4.78 is 13.4. The number of hydrogen-bond donors (Lipinski definition) is 2. The van der Waals surface area contributed by atoms with Crippen molar-refractivity contribution in [2.45, 2.75) is 13.5 Å². The van der Waals surface area contributed by atoms with Gasteiger partial charge in [-0.3, -0.25) is 0 Å². The van der Waals surface area contributed by atoms with Gasteiger partial charge in [0.25, 0.3) is 0 Å². The molecule has 0 amide bonds. The average molecular weight is 293 g/mol. The van der Waals surface area contributed by atoms with E-state index in [4.69, 9.17) is 10.9 Å². The van der Waals surface area contributed by atoms with Gasteiger partial charge in [0.2, 0.25) is 0 Å². The summed E-state index contributed by atoms with van der Waals surface area (Å²) in [5, 5.41) is 13.8. The number of benzene rings is 1. The van der Waals surface area contributed by atoms with E-state index in [1.807, 2.05) is 24.4 Å². The molecule has 1 heterocycles. The number of nitrogens with zero attached hydrogens (tertiary/aromatic N) is 2. The monoisotopic (exact) mass is 293 g/mol. The van der Waals surface area contributed by atoms with E-state index in [1.54, 1.807) is 17.4 Å². The molecule has 1 aromatic carbocycles. The minimum Gasteiger partial charge on any atom is -0.409 e. The topological polar surface area (TPSA) is 61.8 Å². The normalized spacial score (nSPS) is 11.6. The molecule has 106 valence electrons. The van der Waals surface area contributed by atoms with Gasteiger partial charge in [-0.1, -0.05) is 11.2 Å². The SMILES string of the molecule is CCN(Cc1cccs1)c1ccc(F)cc1C(N)=NO. The Morgan fingerprint density at radius 1 is 1.45 bits per heavy atom. The molecule has 6 heteroatoms. The van der Waals surface area contributed by atoms with Crippen LogP contribution in [0.3, 0.4) is 0 Å². The lowest BCUT2D eigenvalue weighted by molar-refractivity contribution is 0.318.